The maximum absolute atomic E-state index is 13.7. The number of hydrogen-bond acceptors (Lipinski definition) is 5. The van der Waals surface area contributed by atoms with Gasteiger partial charge in [0.2, 0.25) is 0 Å². The molecule has 0 spiro atoms. The van der Waals surface area contributed by atoms with Gasteiger partial charge in [-0.15, -0.1) is 5.10 Å². The van der Waals surface area contributed by atoms with E-state index in [1.807, 2.05) is 0 Å². The largest absolute Gasteiger partial charge is 0.476 e. The fourth-order valence-corrected chi connectivity index (χ4v) is 1.53. The predicted octanol–water partition coefficient (Wildman–Crippen LogP) is 1.32. The third-order valence-corrected chi connectivity index (χ3v) is 2.47. The summed E-state index contributed by atoms with van der Waals surface area (Å²) in [6, 6.07) is 2.88. The van der Waals surface area contributed by atoms with Gasteiger partial charge in [0.1, 0.15) is 11.5 Å². The van der Waals surface area contributed by atoms with Crippen molar-refractivity contribution in [2.45, 2.75) is 6.92 Å². The average Bonchev–Trinajstić information content (AvgIpc) is 2.71. The highest BCUT2D eigenvalue weighted by molar-refractivity contribution is 5.86. The topological polar surface area (TPSA) is 111 Å². The van der Waals surface area contributed by atoms with Crippen LogP contribution in [-0.4, -0.2) is 31.0 Å². The van der Waals surface area contributed by atoms with Crippen molar-refractivity contribution in [3.05, 3.63) is 45.5 Å². The van der Waals surface area contributed by atoms with Crippen LogP contribution in [0.3, 0.4) is 0 Å². The molecule has 2 rings (SSSR count). The lowest BCUT2D eigenvalue weighted by Gasteiger charge is -2.04. The summed E-state index contributed by atoms with van der Waals surface area (Å²) in [5.41, 5.74) is -0.826. The smallest absolute Gasteiger partial charge is 0.358 e. The third kappa shape index (κ3) is 2.12. The van der Waals surface area contributed by atoms with E-state index in [2.05, 4.69) is 10.3 Å². The van der Waals surface area contributed by atoms with Crippen LogP contribution in [0.4, 0.5) is 10.1 Å². The second-order valence-electron chi connectivity index (χ2n) is 3.63. The molecular weight excluding hydrogens is 259 g/mol. The molecule has 98 valence electrons. The molecule has 0 radical (unpaired) electrons. The van der Waals surface area contributed by atoms with E-state index in [4.69, 9.17) is 5.11 Å². The molecule has 0 saturated carbocycles. The predicted molar refractivity (Wildman–Crippen MR) is 59.7 cm³/mol. The fourth-order valence-electron chi connectivity index (χ4n) is 1.53. The van der Waals surface area contributed by atoms with Crippen molar-refractivity contribution < 1.29 is 19.2 Å². The SMILES string of the molecule is Cc1c(C(=O)O)nnn1-c1cc([N+](=O)[O-])ccc1F. The number of carboxylic acid groups (broad SMARTS) is 1. The number of carboxylic acids is 1. The number of nitro benzene ring substituents is 1. The molecule has 1 aromatic heterocycles. The summed E-state index contributed by atoms with van der Waals surface area (Å²) in [4.78, 5) is 20.8. The summed E-state index contributed by atoms with van der Waals surface area (Å²) < 4.78 is 14.6. The van der Waals surface area contributed by atoms with E-state index >= 15 is 0 Å². The molecule has 0 amide bonds. The lowest BCUT2D eigenvalue weighted by molar-refractivity contribution is -0.384. The zero-order valence-corrected chi connectivity index (χ0v) is 9.57. The minimum Gasteiger partial charge on any atom is -0.476 e. The molecule has 1 N–H and O–H groups in total. The van der Waals surface area contributed by atoms with Gasteiger partial charge in [-0.2, -0.15) is 0 Å². The highest BCUT2D eigenvalue weighted by Gasteiger charge is 2.20. The molecule has 0 atom stereocenters. The number of aromatic nitrogens is 3. The van der Waals surface area contributed by atoms with Crippen molar-refractivity contribution >= 4 is 11.7 Å². The number of halogens is 1. The molecule has 8 nitrogen and oxygen atoms in total. The van der Waals surface area contributed by atoms with Gasteiger partial charge in [-0.3, -0.25) is 10.1 Å². The molecule has 0 saturated heterocycles. The molecule has 1 heterocycles. The molecule has 0 aliphatic rings. The Morgan fingerprint density at radius 3 is 2.74 bits per heavy atom. The van der Waals surface area contributed by atoms with Crippen LogP contribution in [0.2, 0.25) is 0 Å². The number of aromatic carboxylic acids is 1. The number of hydrogen-bond donors (Lipinski definition) is 1. The van der Waals surface area contributed by atoms with E-state index in [9.17, 15) is 19.3 Å². The highest BCUT2D eigenvalue weighted by atomic mass is 19.1. The van der Waals surface area contributed by atoms with Gasteiger partial charge in [0.25, 0.3) is 5.69 Å². The third-order valence-electron chi connectivity index (χ3n) is 2.47. The minimum atomic E-state index is -1.31. The lowest BCUT2D eigenvalue weighted by Crippen LogP contribution is -2.05. The summed E-state index contributed by atoms with van der Waals surface area (Å²) in [5.74, 6) is -2.08. The molecule has 2 aromatic rings. The number of non-ortho nitro benzene ring substituents is 1. The van der Waals surface area contributed by atoms with Crippen LogP contribution in [0, 0.1) is 22.9 Å². The van der Waals surface area contributed by atoms with E-state index in [1.54, 1.807) is 0 Å². The van der Waals surface area contributed by atoms with Gasteiger partial charge in [0.15, 0.2) is 5.69 Å². The van der Waals surface area contributed by atoms with Gasteiger partial charge in [-0.1, -0.05) is 5.21 Å². The van der Waals surface area contributed by atoms with E-state index < -0.39 is 16.7 Å². The van der Waals surface area contributed by atoms with E-state index in [0.29, 0.717) is 0 Å². The molecule has 0 aliphatic heterocycles. The van der Waals surface area contributed by atoms with Gasteiger partial charge in [0.05, 0.1) is 10.6 Å². The van der Waals surface area contributed by atoms with E-state index in [0.717, 1.165) is 22.9 Å². The molecule has 9 heteroatoms. The molecule has 19 heavy (non-hydrogen) atoms. The van der Waals surface area contributed by atoms with Crippen LogP contribution in [0.15, 0.2) is 18.2 Å². The standard InChI is InChI=1S/C10H7FN4O4/c1-5-9(10(16)17)12-13-14(5)8-4-6(15(18)19)2-3-7(8)11/h2-4H,1H3,(H,16,17). The quantitative estimate of drug-likeness (QED) is 0.662. The van der Waals surface area contributed by atoms with Gasteiger partial charge in [-0.05, 0) is 13.0 Å². The number of carbonyl (C=O) groups is 1. The summed E-state index contributed by atoms with van der Waals surface area (Å²) in [5, 5.41) is 26.3. The Morgan fingerprint density at radius 1 is 1.53 bits per heavy atom. The summed E-state index contributed by atoms with van der Waals surface area (Å²) in [6.45, 7) is 1.38. The highest BCUT2D eigenvalue weighted by Crippen LogP contribution is 2.21. The molecule has 1 aromatic carbocycles. The Hall–Kier alpha value is -2.84. The first-order valence-electron chi connectivity index (χ1n) is 5.01. The first-order valence-corrected chi connectivity index (χ1v) is 5.01. The van der Waals surface area contributed by atoms with Crippen LogP contribution in [0.1, 0.15) is 16.2 Å². The maximum Gasteiger partial charge on any atom is 0.358 e. The van der Waals surface area contributed by atoms with Crippen molar-refractivity contribution in [1.82, 2.24) is 15.0 Å². The Bertz CT molecular complexity index is 682. The molecule has 0 bridgehead atoms. The van der Waals surface area contributed by atoms with Gasteiger partial charge >= 0.3 is 5.97 Å². The molecule has 0 aliphatic carbocycles. The van der Waals surface area contributed by atoms with Crippen molar-refractivity contribution in [2.24, 2.45) is 0 Å². The van der Waals surface area contributed by atoms with E-state index in [-0.39, 0.29) is 22.8 Å². The molecular formula is C10H7FN4O4. The Morgan fingerprint density at radius 2 is 2.21 bits per heavy atom. The maximum atomic E-state index is 13.7. The number of nitrogens with zero attached hydrogens (tertiary/aromatic N) is 4. The molecule has 0 unspecified atom stereocenters. The monoisotopic (exact) mass is 266 g/mol. The van der Waals surface area contributed by atoms with Crippen LogP contribution in [0.5, 0.6) is 0 Å². The van der Waals surface area contributed by atoms with Crippen molar-refractivity contribution in [2.75, 3.05) is 0 Å². The van der Waals surface area contributed by atoms with Crippen LogP contribution < -0.4 is 0 Å². The second-order valence-corrected chi connectivity index (χ2v) is 3.63. The van der Waals surface area contributed by atoms with Crippen molar-refractivity contribution in [1.29, 1.82) is 0 Å². The van der Waals surface area contributed by atoms with Crippen molar-refractivity contribution in [3.63, 3.8) is 0 Å². The average molecular weight is 266 g/mol. The summed E-state index contributed by atoms with van der Waals surface area (Å²) in [7, 11) is 0. The minimum absolute atomic E-state index is 0.0758. The second kappa shape index (κ2) is 4.44. The fraction of sp³-hybridized carbons (Fsp3) is 0.100. The van der Waals surface area contributed by atoms with Crippen LogP contribution >= 0.6 is 0 Å². The van der Waals surface area contributed by atoms with Crippen LogP contribution in [-0.2, 0) is 0 Å². The van der Waals surface area contributed by atoms with Gasteiger partial charge in [0, 0.05) is 12.1 Å². The lowest BCUT2D eigenvalue weighted by atomic mass is 10.2. The molecule has 0 fully saturated rings. The van der Waals surface area contributed by atoms with E-state index in [1.165, 1.54) is 6.92 Å². The van der Waals surface area contributed by atoms with Gasteiger partial charge < -0.3 is 5.11 Å². The van der Waals surface area contributed by atoms with Crippen LogP contribution in [0.25, 0.3) is 5.69 Å². The number of benzene rings is 1. The van der Waals surface area contributed by atoms with Crippen molar-refractivity contribution in [3.8, 4) is 5.69 Å². The first kappa shape index (κ1) is 12.6. The Balaban J connectivity index is 2.61. The number of rotatable bonds is 3. The summed E-state index contributed by atoms with van der Waals surface area (Å²) in [6.07, 6.45) is 0. The zero-order chi connectivity index (χ0) is 14.2. The Kier molecular flexibility index (Phi) is 2.95. The van der Waals surface area contributed by atoms with Gasteiger partial charge in [-0.25, -0.2) is 13.9 Å². The normalized spacial score (nSPS) is 10.4. The Labute approximate surface area is 105 Å². The summed E-state index contributed by atoms with van der Waals surface area (Å²) >= 11 is 0. The zero-order valence-electron chi connectivity index (χ0n) is 9.57. The first-order chi connectivity index (χ1) is 8.91. The number of nitro groups is 1.